The molecule has 0 aliphatic carbocycles. The molecule has 1 N–H and O–H groups in total. The molecule has 0 saturated carbocycles. The predicted octanol–water partition coefficient (Wildman–Crippen LogP) is 4.65. The summed E-state index contributed by atoms with van der Waals surface area (Å²) in [6.07, 6.45) is 0. The fraction of sp³-hybridized carbons (Fsp3) is 0.143. The van der Waals surface area contributed by atoms with Crippen LogP contribution >= 0.6 is 11.6 Å². The smallest absolute Gasteiger partial charge is 0.147 e. The van der Waals surface area contributed by atoms with Gasteiger partial charge < -0.3 is 5.32 Å². The number of halogens is 2. The first kappa shape index (κ1) is 11.9. The summed E-state index contributed by atoms with van der Waals surface area (Å²) < 4.78 is 13.6. The zero-order valence-electron chi connectivity index (χ0n) is 9.45. The molecular formula is C14H13ClFN. The van der Waals surface area contributed by atoms with Crippen molar-refractivity contribution in [1.82, 2.24) is 0 Å². The van der Waals surface area contributed by atoms with Crippen LogP contribution in [0.15, 0.2) is 48.5 Å². The second-order valence-corrected chi connectivity index (χ2v) is 4.34. The van der Waals surface area contributed by atoms with E-state index in [2.05, 4.69) is 5.32 Å². The van der Waals surface area contributed by atoms with Crippen LogP contribution in [0.5, 0.6) is 0 Å². The van der Waals surface area contributed by atoms with Crippen LogP contribution in [0.4, 0.5) is 10.1 Å². The molecule has 0 saturated heterocycles. The summed E-state index contributed by atoms with van der Waals surface area (Å²) in [5, 5.41) is 3.52. The van der Waals surface area contributed by atoms with Gasteiger partial charge in [0.15, 0.2) is 0 Å². The Hall–Kier alpha value is -1.54. The van der Waals surface area contributed by atoms with Gasteiger partial charge >= 0.3 is 0 Å². The van der Waals surface area contributed by atoms with Crippen molar-refractivity contribution in [3.63, 3.8) is 0 Å². The Bertz CT molecular complexity index is 499. The first-order valence-corrected chi connectivity index (χ1v) is 5.81. The van der Waals surface area contributed by atoms with E-state index in [4.69, 9.17) is 11.6 Å². The van der Waals surface area contributed by atoms with Gasteiger partial charge in [0.2, 0.25) is 0 Å². The summed E-state index contributed by atoms with van der Waals surface area (Å²) >= 11 is 5.70. The highest BCUT2D eigenvalue weighted by atomic mass is 35.5. The molecule has 0 amide bonds. The minimum atomic E-state index is -0.333. The third kappa shape index (κ3) is 2.98. The Morgan fingerprint density at radius 1 is 1.12 bits per heavy atom. The van der Waals surface area contributed by atoms with Gasteiger partial charge in [-0.25, -0.2) is 4.39 Å². The highest BCUT2D eigenvalue weighted by molar-refractivity contribution is 6.30. The lowest BCUT2D eigenvalue weighted by atomic mass is 10.1. The fourth-order valence-electron chi connectivity index (χ4n) is 1.66. The zero-order chi connectivity index (χ0) is 12.3. The first-order chi connectivity index (χ1) is 8.16. The van der Waals surface area contributed by atoms with Crippen LogP contribution in [0, 0.1) is 5.82 Å². The lowest BCUT2D eigenvalue weighted by Gasteiger charge is -2.16. The number of anilines is 1. The Labute approximate surface area is 105 Å². The van der Waals surface area contributed by atoms with Gasteiger partial charge in [-0.15, -0.1) is 0 Å². The summed E-state index contributed by atoms with van der Waals surface area (Å²) in [4.78, 5) is 0. The molecule has 0 aliphatic heterocycles. The van der Waals surface area contributed by atoms with Crippen molar-refractivity contribution in [2.24, 2.45) is 0 Å². The number of rotatable bonds is 3. The van der Waals surface area contributed by atoms with Crippen molar-refractivity contribution in [2.45, 2.75) is 13.0 Å². The maximum Gasteiger partial charge on any atom is 0.147 e. The van der Waals surface area contributed by atoms with Crippen molar-refractivity contribution in [3.8, 4) is 0 Å². The topological polar surface area (TPSA) is 12.0 Å². The van der Waals surface area contributed by atoms with Gasteiger partial charge in [0.1, 0.15) is 5.82 Å². The molecule has 2 rings (SSSR count). The van der Waals surface area contributed by atoms with Crippen LogP contribution in [0.3, 0.4) is 0 Å². The highest BCUT2D eigenvalue weighted by Gasteiger charge is 2.08. The normalized spacial score (nSPS) is 12.2. The molecular weight excluding hydrogens is 237 g/mol. The Balaban J connectivity index is 2.16. The second-order valence-electron chi connectivity index (χ2n) is 3.90. The van der Waals surface area contributed by atoms with Crippen LogP contribution in [0.25, 0.3) is 0 Å². The average molecular weight is 250 g/mol. The van der Waals surface area contributed by atoms with Crippen molar-refractivity contribution in [2.75, 3.05) is 5.32 Å². The molecule has 0 radical (unpaired) electrons. The minimum Gasteiger partial charge on any atom is -0.376 e. The monoisotopic (exact) mass is 249 g/mol. The van der Waals surface area contributed by atoms with Gasteiger partial charge in [-0.3, -0.25) is 0 Å². The summed E-state index contributed by atoms with van der Waals surface area (Å²) in [5.74, 6) is -0.333. The van der Waals surface area contributed by atoms with Gasteiger partial charge in [-0.2, -0.15) is 0 Å². The summed E-state index contributed by atoms with van der Waals surface area (Å²) in [7, 11) is 0. The molecule has 0 spiro atoms. The molecule has 17 heavy (non-hydrogen) atoms. The highest BCUT2D eigenvalue weighted by Crippen LogP contribution is 2.23. The van der Waals surface area contributed by atoms with Crippen LogP contribution in [-0.2, 0) is 0 Å². The van der Waals surface area contributed by atoms with Gasteiger partial charge in [-0.1, -0.05) is 41.9 Å². The fourth-order valence-corrected chi connectivity index (χ4v) is 1.82. The second kappa shape index (κ2) is 5.19. The number of hydrogen-bond donors (Lipinski definition) is 1. The van der Waals surface area contributed by atoms with Gasteiger partial charge in [0.25, 0.3) is 0 Å². The Kier molecular flexibility index (Phi) is 3.64. The molecule has 0 aromatic heterocycles. The van der Waals surface area contributed by atoms with Crippen LogP contribution < -0.4 is 5.32 Å². The quantitative estimate of drug-likeness (QED) is 0.835. The maximum absolute atomic E-state index is 13.6. The number of benzene rings is 2. The molecule has 1 unspecified atom stereocenters. The van der Waals surface area contributed by atoms with E-state index in [0.717, 1.165) is 5.56 Å². The van der Waals surface area contributed by atoms with Crippen LogP contribution in [0.1, 0.15) is 18.5 Å². The van der Waals surface area contributed by atoms with E-state index in [1.165, 1.54) is 6.07 Å². The molecule has 0 heterocycles. The predicted molar refractivity (Wildman–Crippen MR) is 69.9 cm³/mol. The molecule has 0 fully saturated rings. The Morgan fingerprint density at radius 2 is 1.82 bits per heavy atom. The molecule has 0 bridgehead atoms. The largest absolute Gasteiger partial charge is 0.376 e. The lowest BCUT2D eigenvalue weighted by Crippen LogP contribution is -2.07. The SMILES string of the molecule is CC(Nc1ccc(Cl)cc1F)c1ccccc1. The lowest BCUT2D eigenvalue weighted by molar-refractivity contribution is 0.627. The van der Waals surface area contributed by atoms with Crippen LogP contribution in [0.2, 0.25) is 5.02 Å². The van der Waals surface area contributed by atoms with E-state index in [9.17, 15) is 4.39 Å². The van der Waals surface area contributed by atoms with E-state index < -0.39 is 0 Å². The van der Waals surface area contributed by atoms with E-state index in [1.807, 2.05) is 37.3 Å². The van der Waals surface area contributed by atoms with Crippen molar-refractivity contribution in [3.05, 3.63) is 64.9 Å². The first-order valence-electron chi connectivity index (χ1n) is 5.43. The van der Waals surface area contributed by atoms with E-state index >= 15 is 0 Å². The molecule has 0 aliphatic rings. The van der Waals surface area contributed by atoms with Crippen molar-refractivity contribution >= 4 is 17.3 Å². The molecule has 1 atom stereocenters. The summed E-state index contributed by atoms with van der Waals surface area (Å²) in [6.45, 7) is 1.99. The third-order valence-electron chi connectivity index (χ3n) is 2.60. The molecule has 2 aromatic carbocycles. The standard InChI is InChI=1S/C14H13ClFN/c1-10(11-5-3-2-4-6-11)17-14-8-7-12(15)9-13(14)16/h2-10,17H,1H3. The molecule has 1 nitrogen and oxygen atoms in total. The zero-order valence-corrected chi connectivity index (χ0v) is 10.2. The van der Waals surface area contributed by atoms with E-state index in [0.29, 0.717) is 10.7 Å². The van der Waals surface area contributed by atoms with Gasteiger partial charge in [0.05, 0.1) is 5.69 Å². The maximum atomic E-state index is 13.6. The summed E-state index contributed by atoms with van der Waals surface area (Å²) in [5.41, 5.74) is 1.58. The number of nitrogens with one attached hydrogen (secondary N) is 1. The summed E-state index contributed by atoms with van der Waals surface area (Å²) in [6, 6.07) is 14.6. The average Bonchev–Trinajstić information content (AvgIpc) is 2.34. The Morgan fingerprint density at radius 3 is 2.47 bits per heavy atom. The minimum absolute atomic E-state index is 0.0480. The third-order valence-corrected chi connectivity index (χ3v) is 2.84. The number of hydrogen-bond acceptors (Lipinski definition) is 1. The van der Waals surface area contributed by atoms with Crippen molar-refractivity contribution < 1.29 is 4.39 Å². The van der Waals surface area contributed by atoms with Crippen LogP contribution in [-0.4, -0.2) is 0 Å². The van der Waals surface area contributed by atoms with E-state index in [-0.39, 0.29) is 11.9 Å². The molecule has 2 aromatic rings. The molecule has 3 heteroatoms. The van der Waals surface area contributed by atoms with Gasteiger partial charge in [0, 0.05) is 11.1 Å². The molecule has 88 valence electrons. The van der Waals surface area contributed by atoms with Crippen molar-refractivity contribution in [1.29, 1.82) is 0 Å². The van der Waals surface area contributed by atoms with Gasteiger partial charge in [-0.05, 0) is 30.7 Å². The van der Waals surface area contributed by atoms with E-state index in [1.54, 1.807) is 12.1 Å².